The van der Waals surface area contributed by atoms with Crippen LogP contribution in [0.5, 0.6) is 5.75 Å². The van der Waals surface area contributed by atoms with E-state index in [-0.39, 0.29) is 10.8 Å². The van der Waals surface area contributed by atoms with Crippen molar-refractivity contribution in [3.05, 3.63) is 50.9 Å². The highest BCUT2D eigenvalue weighted by Crippen LogP contribution is 2.39. The first-order chi connectivity index (χ1) is 15.5. The minimum Gasteiger partial charge on any atom is -0.495 e. The van der Waals surface area contributed by atoms with E-state index in [0.717, 1.165) is 45.3 Å². The van der Waals surface area contributed by atoms with E-state index in [1.807, 2.05) is 31.2 Å². The smallest absolute Gasteiger partial charge is 0.259 e. The number of para-hydroxylation sites is 2. The number of fused-ring (bicyclic) bond motifs is 3. The van der Waals surface area contributed by atoms with E-state index < -0.39 is 0 Å². The largest absolute Gasteiger partial charge is 0.495 e. The summed E-state index contributed by atoms with van der Waals surface area (Å²) >= 11 is 4.67. The fourth-order valence-electron chi connectivity index (χ4n) is 3.94. The zero-order chi connectivity index (χ0) is 22.2. The topological polar surface area (TPSA) is 92.8 Å². The van der Waals surface area contributed by atoms with Crippen LogP contribution in [0.2, 0.25) is 0 Å². The van der Waals surface area contributed by atoms with Gasteiger partial charge in [0.05, 0.1) is 23.4 Å². The number of thioether (sulfide) groups is 1. The minimum atomic E-state index is -0.0581. The molecule has 166 valence electrons. The number of H-pyrrole nitrogens is 1. The molecule has 10 heteroatoms. The summed E-state index contributed by atoms with van der Waals surface area (Å²) in [4.78, 5) is 22.9. The molecule has 0 saturated heterocycles. The standard InChI is InChI=1S/C22H23N5O2S3/c1-11-8-9-13-16(10-11)31-20-17(13)19(28)24-18(25-20)12(2)30-22-27-26-21(32-22)23-14-6-4-5-7-15(14)29-3/h4-7,11-12H,8-10H2,1-3H3,(H,23,26)(H,24,25,28)/t11-,12+/m0/s1. The summed E-state index contributed by atoms with van der Waals surface area (Å²) in [5.41, 5.74) is 2.02. The van der Waals surface area contributed by atoms with Crippen molar-refractivity contribution in [2.24, 2.45) is 5.92 Å². The Bertz CT molecular complexity index is 1330. The number of thiophene rings is 1. The van der Waals surface area contributed by atoms with Gasteiger partial charge in [0, 0.05) is 4.88 Å². The molecule has 0 unspecified atom stereocenters. The number of nitrogens with one attached hydrogen (secondary N) is 2. The molecule has 7 nitrogen and oxygen atoms in total. The van der Waals surface area contributed by atoms with Crippen molar-refractivity contribution in [3.63, 3.8) is 0 Å². The summed E-state index contributed by atoms with van der Waals surface area (Å²) in [5.74, 6) is 2.08. The number of anilines is 2. The van der Waals surface area contributed by atoms with Crippen LogP contribution in [0.3, 0.4) is 0 Å². The zero-order valence-corrected chi connectivity index (χ0v) is 20.4. The molecule has 1 aromatic carbocycles. The lowest BCUT2D eigenvalue weighted by Crippen LogP contribution is -2.15. The van der Waals surface area contributed by atoms with Crippen LogP contribution in [0.1, 0.15) is 41.8 Å². The predicted molar refractivity (Wildman–Crippen MR) is 132 cm³/mol. The van der Waals surface area contributed by atoms with Gasteiger partial charge in [-0.15, -0.1) is 21.5 Å². The number of hydrogen-bond acceptors (Lipinski definition) is 9. The first kappa shape index (κ1) is 21.4. The highest BCUT2D eigenvalue weighted by molar-refractivity contribution is 8.01. The van der Waals surface area contributed by atoms with E-state index in [9.17, 15) is 4.79 Å². The second kappa shape index (κ2) is 8.84. The van der Waals surface area contributed by atoms with Gasteiger partial charge < -0.3 is 15.0 Å². The lowest BCUT2D eigenvalue weighted by molar-refractivity contribution is 0.417. The number of rotatable bonds is 6. The van der Waals surface area contributed by atoms with Crippen molar-refractivity contribution < 1.29 is 4.74 Å². The number of ether oxygens (including phenoxy) is 1. The quantitative estimate of drug-likeness (QED) is 0.345. The van der Waals surface area contributed by atoms with Crippen molar-refractivity contribution in [3.8, 4) is 5.75 Å². The zero-order valence-electron chi connectivity index (χ0n) is 18.0. The van der Waals surface area contributed by atoms with Gasteiger partial charge in [-0.1, -0.05) is 42.2 Å². The summed E-state index contributed by atoms with van der Waals surface area (Å²) in [7, 11) is 1.64. The molecule has 0 radical (unpaired) electrons. The van der Waals surface area contributed by atoms with Crippen LogP contribution in [-0.4, -0.2) is 27.3 Å². The summed E-state index contributed by atoms with van der Waals surface area (Å²) in [6, 6.07) is 7.68. The van der Waals surface area contributed by atoms with Gasteiger partial charge in [-0.25, -0.2) is 4.98 Å². The Kier molecular flexibility index (Phi) is 5.92. The summed E-state index contributed by atoms with van der Waals surface area (Å²) in [6.07, 6.45) is 3.15. The second-order valence-electron chi connectivity index (χ2n) is 7.94. The highest BCUT2D eigenvalue weighted by atomic mass is 32.2. The number of aryl methyl sites for hydroxylation is 1. The van der Waals surface area contributed by atoms with Gasteiger partial charge in [0.2, 0.25) is 5.13 Å². The Hall–Kier alpha value is -2.43. The average molecular weight is 486 g/mol. The molecule has 0 spiro atoms. The van der Waals surface area contributed by atoms with Crippen molar-refractivity contribution in [1.29, 1.82) is 0 Å². The summed E-state index contributed by atoms with van der Waals surface area (Å²) in [5, 5.41) is 13.2. The van der Waals surface area contributed by atoms with Gasteiger partial charge in [0.1, 0.15) is 16.4 Å². The third-order valence-corrected chi connectivity index (χ3v) is 8.78. The van der Waals surface area contributed by atoms with E-state index in [0.29, 0.717) is 16.9 Å². The summed E-state index contributed by atoms with van der Waals surface area (Å²) < 4.78 is 6.18. The van der Waals surface area contributed by atoms with Crippen molar-refractivity contribution in [1.82, 2.24) is 20.2 Å². The molecule has 0 amide bonds. The van der Waals surface area contributed by atoms with Crippen LogP contribution in [0.25, 0.3) is 10.2 Å². The molecule has 2 N–H and O–H groups in total. The molecule has 0 saturated carbocycles. The van der Waals surface area contributed by atoms with Gasteiger partial charge in [-0.3, -0.25) is 4.79 Å². The Morgan fingerprint density at radius 1 is 1.28 bits per heavy atom. The number of hydrogen-bond donors (Lipinski definition) is 2. The molecule has 5 rings (SSSR count). The molecule has 0 fully saturated rings. The molecule has 0 bridgehead atoms. The predicted octanol–water partition coefficient (Wildman–Crippen LogP) is 5.57. The molecule has 0 aliphatic heterocycles. The number of nitrogens with zero attached hydrogens (tertiary/aromatic N) is 3. The van der Waals surface area contributed by atoms with E-state index in [2.05, 4.69) is 27.4 Å². The maximum Gasteiger partial charge on any atom is 0.259 e. The highest BCUT2D eigenvalue weighted by Gasteiger charge is 2.24. The number of aromatic amines is 1. The molecule has 1 aliphatic rings. The van der Waals surface area contributed by atoms with Gasteiger partial charge >= 0.3 is 0 Å². The second-order valence-corrected chi connectivity index (χ2v) is 11.6. The van der Waals surface area contributed by atoms with Crippen molar-refractivity contribution in [2.45, 2.75) is 42.7 Å². The fraction of sp³-hybridized carbons (Fsp3) is 0.364. The molecule has 3 heterocycles. The Labute approximate surface area is 197 Å². The average Bonchev–Trinajstić information content (AvgIpc) is 3.37. The van der Waals surface area contributed by atoms with Crippen LogP contribution < -0.4 is 15.6 Å². The van der Waals surface area contributed by atoms with Gasteiger partial charge in [0.15, 0.2) is 4.34 Å². The maximum atomic E-state index is 12.9. The molecular weight excluding hydrogens is 462 g/mol. The Morgan fingerprint density at radius 3 is 2.97 bits per heavy atom. The lowest BCUT2D eigenvalue weighted by atomic mass is 9.89. The molecular formula is C22H23N5O2S3. The van der Waals surface area contributed by atoms with Crippen LogP contribution in [0, 0.1) is 5.92 Å². The van der Waals surface area contributed by atoms with E-state index in [1.54, 1.807) is 18.4 Å². The monoisotopic (exact) mass is 485 g/mol. The number of aromatic nitrogens is 4. The van der Waals surface area contributed by atoms with Crippen molar-refractivity contribution >= 4 is 55.5 Å². The Balaban J connectivity index is 1.35. The van der Waals surface area contributed by atoms with Gasteiger partial charge in [-0.05, 0) is 49.8 Å². The van der Waals surface area contributed by atoms with Crippen LogP contribution in [0.15, 0.2) is 33.4 Å². The van der Waals surface area contributed by atoms with Gasteiger partial charge in [-0.2, -0.15) is 0 Å². The third kappa shape index (κ3) is 4.14. The van der Waals surface area contributed by atoms with Crippen molar-refractivity contribution in [2.75, 3.05) is 12.4 Å². The molecule has 1 aliphatic carbocycles. The molecule has 2 atom stereocenters. The Morgan fingerprint density at radius 2 is 2.12 bits per heavy atom. The van der Waals surface area contributed by atoms with E-state index in [1.165, 1.54) is 33.5 Å². The fourth-order valence-corrected chi connectivity index (χ4v) is 7.29. The van der Waals surface area contributed by atoms with Crippen LogP contribution in [-0.2, 0) is 12.8 Å². The van der Waals surface area contributed by atoms with E-state index >= 15 is 0 Å². The SMILES string of the molecule is COc1ccccc1Nc1nnc(S[C@H](C)c2nc3sc4c(c3c(=O)[nH]2)CC[C@H](C)C4)s1. The molecule has 32 heavy (non-hydrogen) atoms. The number of benzene rings is 1. The van der Waals surface area contributed by atoms with Crippen LogP contribution >= 0.6 is 34.4 Å². The number of methoxy groups -OCH3 is 1. The first-order valence-electron chi connectivity index (χ1n) is 10.5. The molecule has 4 aromatic rings. The molecule has 3 aromatic heterocycles. The first-order valence-corrected chi connectivity index (χ1v) is 13.0. The van der Waals surface area contributed by atoms with E-state index in [4.69, 9.17) is 9.72 Å². The normalized spacial score (nSPS) is 16.7. The third-order valence-electron chi connectivity index (χ3n) is 5.60. The van der Waals surface area contributed by atoms with Crippen LogP contribution in [0.4, 0.5) is 10.8 Å². The van der Waals surface area contributed by atoms with Gasteiger partial charge in [0.25, 0.3) is 5.56 Å². The lowest BCUT2D eigenvalue weighted by Gasteiger charge is -2.17. The summed E-state index contributed by atoms with van der Waals surface area (Å²) in [6.45, 7) is 4.30. The maximum absolute atomic E-state index is 12.9. The minimum absolute atomic E-state index is 0.0275.